The molecule has 0 spiro atoms. The second-order valence-corrected chi connectivity index (χ2v) is 7.43. The topological polar surface area (TPSA) is 84.7 Å². The van der Waals surface area contributed by atoms with Crippen LogP contribution in [-0.4, -0.2) is 35.7 Å². The number of hydrogen-bond acceptors (Lipinski definition) is 5. The van der Waals surface area contributed by atoms with Crippen molar-refractivity contribution >= 4 is 29.3 Å². The summed E-state index contributed by atoms with van der Waals surface area (Å²) in [5.41, 5.74) is 4.09. The number of aryl methyl sites for hydroxylation is 1. The van der Waals surface area contributed by atoms with Crippen molar-refractivity contribution in [2.75, 3.05) is 19.0 Å². The molecule has 30 heavy (non-hydrogen) atoms. The van der Waals surface area contributed by atoms with Gasteiger partial charge in [-0.2, -0.15) is 0 Å². The summed E-state index contributed by atoms with van der Waals surface area (Å²) in [6.07, 6.45) is 0.375. The van der Waals surface area contributed by atoms with Gasteiger partial charge in [0.15, 0.2) is 0 Å². The molecule has 0 saturated carbocycles. The first-order valence-corrected chi connectivity index (χ1v) is 9.83. The Balaban J connectivity index is 1.60. The van der Waals surface area contributed by atoms with Crippen LogP contribution in [-0.2, 0) is 17.7 Å². The average molecular weight is 426 g/mol. The Hall–Kier alpha value is -3.32. The smallest absolute Gasteiger partial charge is 0.409 e. The molecule has 1 aromatic heterocycles. The van der Waals surface area contributed by atoms with Gasteiger partial charge in [-0.3, -0.25) is 4.79 Å². The Kier molecular flexibility index (Phi) is 5.46. The quantitative estimate of drug-likeness (QED) is 0.658. The number of fused-ring (bicyclic) bond motifs is 1. The number of methoxy groups -OCH3 is 1. The van der Waals surface area contributed by atoms with Crippen molar-refractivity contribution in [3.05, 3.63) is 69.9 Å². The molecule has 2 heterocycles. The summed E-state index contributed by atoms with van der Waals surface area (Å²) in [7, 11) is 1.37. The summed E-state index contributed by atoms with van der Waals surface area (Å²) in [4.78, 5) is 26.5. The van der Waals surface area contributed by atoms with E-state index in [1.54, 1.807) is 24.0 Å². The van der Waals surface area contributed by atoms with Crippen molar-refractivity contribution in [1.29, 1.82) is 0 Å². The van der Waals surface area contributed by atoms with Gasteiger partial charge in [-0.15, -0.1) is 0 Å². The number of nitrogens with zero attached hydrogens (tertiary/aromatic N) is 2. The summed E-state index contributed by atoms with van der Waals surface area (Å²) in [5.74, 6) is 0.0569. The Morgan fingerprint density at radius 2 is 2.00 bits per heavy atom. The molecule has 1 aliphatic rings. The first-order chi connectivity index (χ1) is 14.5. The molecule has 4 rings (SSSR count). The zero-order valence-corrected chi connectivity index (χ0v) is 17.3. The number of aromatic nitrogens is 1. The first-order valence-electron chi connectivity index (χ1n) is 9.45. The maximum absolute atomic E-state index is 13.0. The molecule has 0 saturated heterocycles. The van der Waals surface area contributed by atoms with Crippen LogP contribution >= 0.6 is 11.6 Å². The number of halogens is 1. The number of carbonyl (C=O) groups excluding carboxylic acids is 2. The van der Waals surface area contributed by atoms with Gasteiger partial charge in [-0.25, -0.2) is 4.79 Å². The lowest BCUT2D eigenvalue weighted by atomic mass is 9.99. The minimum atomic E-state index is -0.362. The minimum absolute atomic E-state index is 0.331. The fourth-order valence-corrected chi connectivity index (χ4v) is 3.82. The molecule has 0 bridgehead atoms. The summed E-state index contributed by atoms with van der Waals surface area (Å²) in [6.45, 7) is 2.72. The zero-order valence-electron chi connectivity index (χ0n) is 16.6. The average Bonchev–Trinajstić information content (AvgIpc) is 3.14. The van der Waals surface area contributed by atoms with Crippen LogP contribution in [0.1, 0.15) is 27.2 Å². The van der Waals surface area contributed by atoms with Gasteiger partial charge in [-0.1, -0.05) is 41.0 Å². The van der Waals surface area contributed by atoms with Gasteiger partial charge in [0.2, 0.25) is 0 Å². The molecule has 1 N–H and O–H groups in total. The number of carbonyl (C=O) groups is 2. The molecule has 0 aliphatic carbocycles. The highest BCUT2D eigenvalue weighted by Crippen LogP contribution is 2.32. The minimum Gasteiger partial charge on any atom is -0.453 e. The van der Waals surface area contributed by atoms with E-state index in [-0.39, 0.29) is 12.0 Å². The third kappa shape index (κ3) is 3.76. The van der Waals surface area contributed by atoms with Crippen LogP contribution in [0.2, 0.25) is 5.02 Å². The number of hydrogen-bond donors (Lipinski definition) is 1. The largest absolute Gasteiger partial charge is 0.453 e. The number of benzene rings is 2. The van der Waals surface area contributed by atoms with E-state index in [2.05, 4.69) is 10.5 Å². The van der Waals surface area contributed by atoms with Crippen LogP contribution < -0.4 is 5.32 Å². The van der Waals surface area contributed by atoms with Gasteiger partial charge in [-0.05, 0) is 42.7 Å². The molecule has 2 amide bonds. The molecule has 0 radical (unpaired) electrons. The Labute approximate surface area is 178 Å². The molecular weight excluding hydrogens is 406 g/mol. The Bertz CT molecular complexity index is 1130. The fraction of sp³-hybridized carbons (Fsp3) is 0.227. The van der Waals surface area contributed by atoms with E-state index in [0.717, 1.165) is 17.5 Å². The predicted molar refractivity (Wildman–Crippen MR) is 113 cm³/mol. The van der Waals surface area contributed by atoms with Gasteiger partial charge < -0.3 is 19.5 Å². The molecule has 0 atom stereocenters. The maximum Gasteiger partial charge on any atom is 0.409 e. The van der Waals surface area contributed by atoms with Crippen molar-refractivity contribution in [3.8, 4) is 11.3 Å². The van der Waals surface area contributed by atoms with Crippen molar-refractivity contribution in [2.45, 2.75) is 19.9 Å². The second-order valence-electron chi connectivity index (χ2n) is 7.02. The van der Waals surface area contributed by atoms with Crippen molar-refractivity contribution in [2.24, 2.45) is 0 Å². The predicted octanol–water partition coefficient (Wildman–Crippen LogP) is 4.68. The molecular formula is C22H20ClN3O4. The molecule has 1 aliphatic heterocycles. The van der Waals surface area contributed by atoms with Crippen LogP contribution in [0.15, 0.2) is 47.0 Å². The van der Waals surface area contributed by atoms with Crippen LogP contribution in [0.3, 0.4) is 0 Å². The molecule has 0 fully saturated rings. The van der Waals surface area contributed by atoms with E-state index in [9.17, 15) is 9.59 Å². The highest BCUT2D eigenvalue weighted by molar-refractivity contribution is 6.33. The summed E-state index contributed by atoms with van der Waals surface area (Å²) < 4.78 is 10.1. The standard InChI is InChI=1S/C22H20ClN3O4/c1-13-19(20(25-30-13)17-5-3-4-6-18(17)23)21(27)24-16-8-7-14-9-10-26(22(28)29-2)12-15(14)11-16/h3-8,11H,9-10,12H2,1-2H3,(H,24,27). The van der Waals surface area contributed by atoms with Gasteiger partial charge in [0.05, 0.1) is 12.1 Å². The van der Waals surface area contributed by atoms with Gasteiger partial charge in [0.1, 0.15) is 17.0 Å². The van der Waals surface area contributed by atoms with Crippen molar-refractivity contribution < 1.29 is 18.8 Å². The van der Waals surface area contributed by atoms with Crippen LogP contribution in [0, 0.1) is 6.92 Å². The van der Waals surface area contributed by atoms with Gasteiger partial charge in [0.25, 0.3) is 5.91 Å². The highest BCUT2D eigenvalue weighted by atomic mass is 35.5. The number of amides is 2. The van der Waals surface area contributed by atoms with E-state index < -0.39 is 0 Å². The lowest BCUT2D eigenvalue weighted by molar-refractivity contribution is 0.102. The number of nitrogens with one attached hydrogen (secondary N) is 1. The van der Waals surface area contributed by atoms with E-state index in [1.165, 1.54) is 7.11 Å². The number of ether oxygens (including phenoxy) is 1. The van der Waals surface area contributed by atoms with E-state index >= 15 is 0 Å². The fourth-order valence-electron chi connectivity index (χ4n) is 3.59. The lowest BCUT2D eigenvalue weighted by Gasteiger charge is -2.28. The third-order valence-corrected chi connectivity index (χ3v) is 5.46. The van der Waals surface area contributed by atoms with E-state index in [1.807, 2.05) is 30.3 Å². The zero-order chi connectivity index (χ0) is 21.3. The van der Waals surface area contributed by atoms with Crippen LogP contribution in [0.4, 0.5) is 10.5 Å². The summed E-state index contributed by atoms with van der Waals surface area (Å²) in [6, 6.07) is 12.8. The Morgan fingerprint density at radius 3 is 2.77 bits per heavy atom. The molecule has 0 unspecified atom stereocenters. The number of rotatable bonds is 3. The SMILES string of the molecule is COC(=O)N1CCc2ccc(NC(=O)c3c(-c4ccccc4Cl)noc3C)cc2C1. The lowest BCUT2D eigenvalue weighted by Crippen LogP contribution is -2.35. The van der Waals surface area contributed by atoms with Gasteiger partial charge >= 0.3 is 6.09 Å². The van der Waals surface area contributed by atoms with Crippen LogP contribution in [0.5, 0.6) is 0 Å². The van der Waals surface area contributed by atoms with Crippen molar-refractivity contribution in [1.82, 2.24) is 10.1 Å². The third-order valence-electron chi connectivity index (χ3n) is 5.13. The van der Waals surface area contributed by atoms with E-state index in [4.69, 9.17) is 20.9 Å². The summed E-state index contributed by atoms with van der Waals surface area (Å²) in [5, 5.41) is 7.43. The van der Waals surface area contributed by atoms with E-state index in [0.29, 0.717) is 46.4 Å². The molecule has 3 aromatic rings. The first kappa shape index (κ1) is 20.0. The Morgan fingerprint density at radius 1 is 1.20 bits per heavy atom. The number of anilines is 1. The van der Waals surface area contributed by atoms with Crippen LogP contribution in [0.25, 0.3) is 11.3 Å². The molecule has 8 heteroatoms. The molecule has 154 valence electrons. The summed E-state index contributed by atoms with van der Waals surface area (Å²) >= 11 is 6.28. The van der Waals surface area contributed by atoms with Crippen molar-refractivity contribution in [3.63, 3.8) is 0 Å². The molecule has 7 nitrogen and oxygen atoms in total. The van der Waals surface area contributed by atoms with Gasteiger partial charge in [0, 0.05) is 24.3 Å². The highest BCUT2D eigenvalue weighted by Gasteiger charge is 2.24. The molecule has 2 aromatic carbocycles. The maximum atomic E-state index is 13.0. The second kappa shape index (κ2) is 8.20. The normalized spacial score (nSPS) is 13.0. The monoisotopic (exact) mass is 425 g/mol.